The van der Waals surface area contributed by atoms with Gasteiger partial charge in [-0.3, -0.25) is 14.2 Å². The first-order valence-electron chi connectivity index (χ1n) is 11.6. The topological polar surface area (TPSA) is 60.1 Å². The summed E-state index contributed by atoms with van der Waals surface area (Å²) in [5, 5.41) is 0.547. The van der Waals surface area contributed by atoms with Crippen LogP contribution in [0.2, 0.25) is 0 Å². The highest BCUT2D eigenvalue weighted by Gasteiger charge is 2.23. The molecule has 0 aliphatic carbocycles. The van der Waals surface area contributed by atoms with Crippen molar-refractivity contribution in [3.05, 3.63) is 76.6 Å². The molecular formula is C26H27FN4O2. The molecule has 1 amide bonds. The Balaban J connectivity index is 1.65. The van der Waals surface area contributed by atoms with Gasteiger partial charge in [0, 0.05) is 18.5 Å². The maximum absolute atomic E-state index is 14.1. The quantitative estimate of drug-likeness (QED) is 0.464. The summed E-state index contributed by atoms with van der Waals surface area (Å²) >= 11 is 0. The van der Waals surface area contributed by atoms with Gasteiger partial charge in [0.15, 0.2) is 0 Å². The van der Waals surface area contributed by atoms with Gasteiger partial charge >= 0.3 is 0 Å². The van der Waals surface area contributed by atoms with Crippen molar-refractivity contribution in [1.82, 2.24) is 19.0 Å². The molecule has 0 N–H and O–H groups in total. The van der Waals surface area contributed by atoms with Crippen LogP contribution in [0.5, 0.6) is 0 Å². The van der Waals surface area contributed by atoms with Gasteiger partial charge in [0.1, 0.15) is 23.4 Å². The minimum absolute atomic E-state index is 0.0223. The minimum atomic E-state index is -0.399. The van der Waals surface area contributed by atoms with Crippen molar-refractivity contribution in [3.8, 4) is 0 Å². The van der Waals surface area contributed by atoms with Crippen molar-refractivity contribution in [1.29, 1.82) is 0 Å². The van der Waals surface area contributed by atoms with E-state index in [4.69, 9.17) is 0 Å². The van der Waals surface area contributed by atoms with E-state index in [1.807, 2.05) is 42.2 Å². The molecule has 1 unspecified atom stereocenters. The van der Waals surface area contributed by atoms with Crippen LogP contribution in [0.25, 0.3) is 21.9 Å². The van der Waals surface area contributed by atoms with E-state index < -0.39 is 5.82 Å². The third kappa shape index (κ3) is 3.92. The number of aromatic nitrogens is 3. The lowest BCUT2D eigenvalue weighted by molar-refractivity contribution is -0.131. The van der Waals surface area contributed by atoms with E-state index >= 15 is 0 Å². The van der Waals surface area contributed by atoms with Gasteiger partial charge in [-0.25, -0.2) is 9.37 Å². The van der Waals surface area contributed by atoms with Gasteiger partial charge in [-0.15, -0.1) is 0 Å². The number of benzene rings is 2. The summed E-state index contributed by atoms with van der Waals surface area (Å²) in [6.45, 7) is 3.45. The molecule has 170 valence electrons. The molecule has 0 saturated carbocycles. The lowest BCUT2D eigenvalue weighted by atomic mass is 10.1. The molecule has 0 spiro atoms. The predicted molar refractivity (Wildman–Crippen MR) is 127 cm³/mol. The van der Waals surface area contributed by atoms with E-state index in [0.717, 1.165) is 44.3 Å². The Bertz CT molecular complexity index is 1370. The van der Waals surface area contributed by atoms with Crippen LogP contribution in [0.1, 0.15) is 44.2 Å². The zero-order valence-electron chi connectivity index (χ0n) is 18.7. The number of halogens is 1. The largest absolute Gasteiger partial charge is 0.341 e. The standard InChI is InChI=1S/C26H27FN4O2/c1-18(19-9-5-4-6-10-19)31-17-28-24-21-15-20(27)11-12-22(21)30(25(24)26(31)33)16-23(32)29-13-7-2-3-8-14-29/h4-6,9-12,15,17-18H,2-3,7-8,13-14,16H2,1H3. The van der Waals surface area contributed by atoms with E-state index in [-0.39, 0.29) is 24.1 Å². The predicted octanol–water partition coefficient (Wildman–Crippen LogP) is 4.50. The molecule has 33 heavy (non-hydrogen) atoms. The fraction of sp³-hybridized carbons (Fsp3) is 0.346. The van der Waals surface area contributed by atoms with E-state index in [9.17, 15) is 14.0 Å². The molecule has 4 aromatic rings. The molecule has 0 radical (unpaired) electrons. The first-order chi connectivity index (χ1) is 16.0. The van der Waals surface area contributed by atoms with Crippen LogP contribution in [0.15, 0.2) is 59.7 Å². The Hall–Kier alpha value is -3.48. The molecule has 7 heteroatoms. The van der Waals surface area contributed by atoms with Gasteiger partial charge in [-0.05, 0) is 43.5 Å². The summed E-state index contributed by atoms with van der Waals surface area (Å²) in [6, 6.07) is 13.9. The van der Waals surface area contributed by atoms with E-state index in [1.165, 1.54) is 18.5 Å². The number of hydrogen-bond acceptors (Lipinski definition) is 3. The maximum atomic E-state index is 14.1. The Morgan fingerprint density at radius 2 is 1.79 bits per heavy atom. The highest BCUT2D eigenvalue weighted by Crippen LogP contribution is 2.27. The first-order valence-corrected chi connectivity index (χ1v) is 11.6. The number of amides is 1. The number of likely N-dealkylation sites (tertiary alicyclic amines) is 1. The molecule has 1 fully saturated rings. The monoisotopic (exact) mass is 446 g/mol. The fourth-order valence-corrected chi connectivity index (χ4v) is 4.84. The first kappa shape index (κ1) is 21.4. The molecule has 1 atom stereocenters. The molecule has 1 aliphatic heterocycles. The lowest BCUT2D eigenvalue weighted by Crippen LogP contribution is -2.35. The van der Waals surface area contributed by atoms with Gasteiger partial charge in [0.2, 0.25) is 5.91 Å². The molecular weight excluding hydrogens is 419 g/mol. The second-order valence-corrected chi connectivity index (χ2v) is 8.78. The second kappa shape index (κ2) is 8.81. The van der Waals surface area contributed by atoms with Crippen LogP contribution in [-0.2, 0) is 11.3 Å². The summed E-state index contributed by atoms with van der Waals surface area (Å²) in [4.78, 5) is 33.4. The lowest BCUT2D eigenvalue weighted by Gasteiger charge is -2.21. The number of carbonyl (C=O) groups excluding carboxylic acids is 1. The second-order valence-electron chi connectivity index (χ2n) is 8.78. The van der Waals surface area contributed by atoms with Crippen LogP contribution >= 0.6 is 0 Å². The average Bonchev–Trinajstić information content (AvgIpc) is 2.98. The summed E-state index contributed by atoms with van der Waals surface area (Å²) in [7, 11) is 0. The van der Waals surface area contributed by atoms with Crippen LogP contribution in [0.4, 0.5) is 4.39 Å². The van der Waals surface area contributed by atoms with Crippen molar-refractivity contribution in [2.24, 2.45) is 0 Å². The Labute approximate surface area is 191 Å². The minimum Gasteiger partial charge on any atom is -0.341 e. The number of fused-ring (bicyclic) bond motifs is 3. The third-order valence-corrected chi connectivity index (χ3v) is 6.70. The van der Waals surface area contributed by atoms with Crippen LogP contribution in [0.3, 0.4) is 0 Å². The Kier molecular flexibility index (Phi) is 5.70. The normalized spacial score (nSPS) is 15.6. The number of rotatable bonds is 4. The molecule has 1 saturated heterocycles. The van der Waals surface area contributed by atoms with Gasteiger partial charge in [0.05, 0.1) is 17.9 Å². The van der Waals surface area contributed by atoms with Gasteiger partial charge in [-0.2, -0.15) is 0 Å². The highest BCUT2D eigenvalue weighted by atomic mass is 19.1. The summed E-state index contributed by atoms with van der Waals surface area (Å²) < 4.78 is 17.4. The summed E-state index contributed by atoms with van der Waals surface area (Å²) in [5.74, 6) is -0.421. The molecule has 2 aromatic carbocycles. The van der Waals surface area contributed by atoms with Gasteiger partial charge in [-0.1, -0.05) is 43.2 Å². The highest BCUT2D eigenvalue weighted by molar-refractivity contribution is 6.06. The fourth-order valence-electron chi connectivity index (χ4n) is 4.84. The van der Waals surface area contributed by atoms with Crippen molar-refractivity contribution in [2.75, 3.05) is 13.1 Å². The number of hydrogen-bond donors (Lipinski definition) is 0. The SMILES string of the molecule is CC(c1ccccc1)n1cnc2c3cc(F)ccc3n(CC(=O)N3CCCCCC3)c2c1=O. The zero-order valence-corrected chi connectivity index (χ0v) is 18.7. The Morgan fingerprint density at radius 3 is 2.52 bits per heavy atom. The molecule has 3 heterocycles. The Morgan fingerprint density at radius 1 is 1.06 bits per heavy atom. The van der Waals surface area contributed by atoms with Gasteiger partial charge in [0.25, 0.3) is 5.56 Å². The smallest absolute Gasteiger partial charge is 0.278 e. The summed E-state index contributed by atoms with van der Waals surface area (Å²) in [5.41, 5.74) is 2.15. The van der Waals surface area contributed by atoms with E-state index in [1.54, 1.807) is 15.2 Å². The van der Waals surface area contributed by atoms with Crippen molar-refractivity contribution in [3.63, 3.8) is 0 Å². The van der Waals surface area contributed by atoms with Crippen molar-refractivity contribution >= 4 is 27.8 Å². The van der Waals surface area contributed by atoms with E-state index in [0.29, 0.717) is 21.9 Å². The van der Waals surface area contributed by atoms with Crippen LogP contribution in [0, 0.1) is 5.82 Å². The maximum Gasteiger partial charge on any atom is 0.278 e. The average molecular weight is 447 g/mol. The molecule has 2 aromatic heterocycles. The van der Waals surface area contributed by atoms with Crippen molar-refractivity contribution in [2.45, 2.75) is 45.2 Å². The van der Waals surface area contributed by atoms with Crippen LogP contribution < -0.4 is 5.56 Å². The third-order valence-electron chi connectivity index (χ3n) is 6.70. The van der Waals surface area contributed by atoms with Gasteiger partial charge < -0.3 is 9.47 Å². The van der Waals surface area contributed by atoms with Crippen molar-refractivity contribution < 1.29 is 9.18 Å². The summed E-state index contributed by atoms with van der Waals surface area (Å²) in [6.07, 6.45) is 5.77. The molecule has 5 rings (SSSR count). The zero-order chi connectivity index (χ0) is 22.9. The number of nitrogens with zero attached hydrogens (tertiary/aromatic N) is 4. The van der Waals surface area contributed by atoms with Crippen LogP contribution in [-0.4, -0.2) is 38.0 Å². The molecule has 1 aliphatic rings. The van der Waals surface area contributed by atoms with E-state index in [2.05, 4.69) is 4.98 Å². The number of carbonyl (C=O) groups is 1. The molecule has 0 bridgehead atoms. The molecule has 6 nitrogen and oxygen atoms in total.